The summed E-state index contributed by atoms with van der Waals surface area (Å²) < 4.78 is 63.1. The number of nitrogens with zero attached hydrogens (tertiary/aromatic N) is 2. The molecule has 0 amide bonds. The lowest BCUT2D eigenvalue weighted by Gasteiger charge is -2.18. The van der Waals surface area contributed by atoms with E-state index in [0.717, 1.165) is 6.07 Å². The maximum atomic E-state index is 14.6. The van der Waals surface area contributed by atoms with E-state index in [-0.39, 0.29) is 16.7 Å². The van der Waals surface area contributed by atoms with Crippen LogP contribution in [0.3, 0.4) is 0 Å². The van der Waals surface area contributed by atoms with E-state index >= 15 is 0 Å². The lowest BCUT2D eigenvalue weighted by molar-refractivity contribution is 0.0551. The van der Waals surface area contributed by atoms with E-state index in [4.69, 9.17) is 16.3 Å². The van der Waals surface area contributed by atoms with E-state index in [1.54, 1.807) is 24.3 Å². The van der Waals surface area contributed by atoms with Gasteiger partial charge >= 0.3 is 11.3 Å². The molecule has 1 N–H and O–H groups in total. The molecule has 0 aliphatic heterocycles. The Morgan fingerprint density at radius 1 is 1.25 bits per heavy atom. The number of alkyl halides is 3. The van der Waals surface area contributed by atoms with Crippen molar-refractivity contribution in [3.8, 4) is 17.1 Å². The molecule has 0 aliphatic carbocycles. The van der Waals surface area contributed by atoms with Gasteiger partial charge in [0.25, 0.3) is 0 Å². The SMILES string of the molecule is COc1cccc(NP(C)(=O)c2ccc(-c3noc(C(F)(F)Cl)n3)cc2F)c1. The first kappa shape index (κ1) is 20.2. The molecular formula is C17H14ClF3N3O3P. The zero-order valence-corrected chi connectivity index (χ0v) is 16.3. The Kier molecular flexibility index (Phi) is 5.41. The van der Waals surface area contributed by atoms with Crippen molar-refractivity contribution in [3.05, 3.63) is 54.2 Å². The molecule has 6 nitrogen and oxygen atoms in total. The third kappa shape index (κ3) is 4.31. The molecule has 0 saturated heterocycles. The number of rotatable bonds is 6. The summed E-state index contributed by atoms with van der Waals surface area (Å²) in [5.74, 6) is -1.64. The molecule has 3 aromatic rings. The lowest BCUT2D eigenvalue weighted by atomic mass is 10.2. The van der Waals surface area contributed by atoms with Gasteiger partial charge in [-0.15, -0.1) is 0 Å². The summed E-state index contributed by atoms with van der Waals surface area (Å²) in [5.41, 5.74) is 0.555. The van der Waals surface area contributed by atoms with Crippen molar-refractivity contribution in [3.63, 3.8) is 0 Å². The van der Waals surface area contributed by atoms with Gasteiger partial charge in [-0.3, -0.25) is 4.57 Å². The summed E-state index contributed by atoms with van der Waals surface area (Å²) in [6.45, 7) is 1.37. The van der Waals surface area contributed by atoms with Crippen molar-refractivity contribution < 1.29 is 27.0 Å². The van der Waals surface area contributed by atoms with Crippen LogP contribution in [0.2, 0.25) is 0 Å². The summed E-state index contributed by atoms with van der Waals surface area (Å²) in [6.07, 6.45) is 0. The number of nitrogens with one attached hydrogen (secondary N) is 1. The highest BCUT2D eigenvalue weighted by Gasteiger charge is 2.36. The fourth-order valence-corrected chi connectivity index (χ4v) is 4.11. The number of ether oxygens (including phenoxy) is 1. The van der Waals surface area contributed by atoms with Gasteiger partial charge in [0.1, 0.15) is 11.6 Å². The molecule has 0 fully saturated rings. The second-order valence-corrected chi connectivity index (χ2v) is 8.88. The molecule has 1 atom stereocenters. The molecule has 3 rings (SSSR count). The summed E-state index contributed by atoms with van der Waals surface area (Å²) in [5, 5.41) is 2.25. The Bertz CT molecular complexity index is 1060. The zero-order valence-electron chi connectivity index (χ0n) is 14.6. The topological polar surface area (TPSA) is 77.2 Å². The van der Waals surface area contributed by atoms with Crippen molar-refractivity contribution in [2.24, 2.45) is 0 Å². The molecule has 0 aliphatic rings. The third-order valence-corrected chi connectivity index (χ3v) is 5.87. The first-order valence-electron chi connectivity index (χ1n) is 7.81. The van der Waals surface area contributed by atoms with Crippen LogP contribution in [0.4, 0.5) is 18.9 Å². The Hall–Kier alpha value is -2.51. The normalized spacial score (nSPS) is 13.8. The molecule has 28 heavy (non-hydrogen) atoms. The van der Waals surface area contributed by atoms with E-state index in [0.29, 0.717) is 11.4 Å². The van der Waals surface area contributed by atoms with Crippen molar-refractivity contribution in [2.75, 3.05) is 18.9 Å². The highest BCUT2D eigenvalue weighted by atomic mass is 35.5. The second kappa shape index (κ2) is 7.48. The third-order valence-electron chi connectivity index (χ3n) is 3.75. The number of hydrogen-bond donors (Lipinski definition) is 1. The van der Waals surface area contributed by atoms with E-state index in [9.17, 15) is 17.7 Å². The van der Waals surface area contributed by atoms with Gasteiger partial charge in [0, 0.05) is 24.0 Å². The van der Waals surface area contributed by atoms with Crippen LogP contribution in [-0.2, 0) is 9.95 Å². The molecule has 0 spiro atoms. The van der Waals surface area contributed by atoms with Gasteiger partial charge in [-0.1, -0.05) is 17.3 Å². The van der Waals surface area contributed by atoms with E-state index in [1.165, 1.54) is 25.9 Å². The highest BCUT2D eigenvalue weighted by molar-refractivity contribution is 7.72. The number of halogens is 4. The molecule has 11 heteroatoms. The number of aromatic nitrogens is 2. The van der Waals surface area contributed by atoms with Crippen LogP contribution in [0, 0.1) is 5.82 Å². The van der Waals surface area contributed by atoms with Crippen molar-refractivity contribution in [1.29, 1.82) is 0 Å². The van der Waals surface area contributed by atoms with Crippen LogP contribution >= 0.6 is 18.9 Å². The summed E-state index contributed by atoms with van der Waals surface area (Å²) in [6, 6.07) is 10.3. The summed E-state index contributed by atoms with van der Waals surface area (Å²) >= 11 is 4.82. The molecule has 1 unspecified atom stereocenters. The van der Waals surface area contributed by atoms with Crippen LogP contribution in [0.5, 0.6) is 5.75 Å². The van der Waals surface area contributed by atoms with Crippen LogP contribution < -0.4 is 15.1 Å². The minimum absolute atomic E-state index is 0.0681. The van der Waals surface area contributed by atoms with Gasteiger partial charge in [0.2, 0.25) is 5.82 Å². The minimum atomic E-state index is -3.83. The van der Waals surface area contributed by atoms with Crippen LogP contribution in [0.25, 0.3) is 11.4 Å². The summed E-state index contributed by atoms with van der Waals surface area (Å²) in [7, 11) is -1.86. The zero-order chi connectivity index (χ0) is 20.5. The standard InChI is InChI=1S/C17H14ClF3N3O3P/c1-26-12-5-3-4-11(9-12)24-28(2,25)14-7-6-10(8-13(14)19)15-22-16(27-23-15)17(18,20)21/h3-9H,1-2H3,(H,24,25). The smallest absolute Gasteiger partial charge is 0.400 e. The Labute approximate surface area is 163 Å². The Morgan fingerprint density at radius 3 is 2.61 bits per heavy atom. The molecule has 0 saturated carbocycles. The largest absolute Gasteiger partial charge is 0.497 e. The predicted octanol–water partition coefficient (Wildman–Crippen LogP) is 4.82. The first-order valence-corrected chi connectivity index (χ1v) is 10.3. The number of hydrogen-bond acceptors (Lipinski definition) is 5. The van der Waals surface area contributed by atoms with Gasteiger partial charge in [0.05, 0.1) is 12.4 Å². The maximum Gasteiger partial charge on any atom is 0.400 e. The number of methoxy groups -OCH3 is 1. The van der Waals surface area contributed by atoms with Crippen molar-refractivity contribution in [1.82, 2.24) is 10.1 Å². The van der Waals surface area contributed by atoms with Gasteiger partial charge < -0.3 is 14.3 Å². The average Bonchev–Trinajstić information content (AvgIpc) is 3.11. The second-order valence-electron chi connectivity index (χ2n) is 5.86. The fourth-order valence-electron chi connectivity index (χ4n) is 2.45. The fraction of sp³-hybridized carbons (Fsp3) is 0.176. The Morgan fingerprint density at radius 2 is 2.00 bits per heavy atom. The average molecular weight is 432 g/mol. The molecule has 1 heterocycles. The summed E-state index contributed by atoms with van der Waals surface area (Å²) in [4.78, 5) is 3.45. The van der Waals surface area contributed by atoms with Crippen molar-refractivity contribution in [2.45, 2.75) is 5.38 Å². The monoisotopic (exact) mass is 431 g/mol. The number of anilines is 1. The van der Waals surface area contributed by atoms with Gasteiger partial charge in [-0.2, -0.15) is 13.8 Å². The molecule has 1 aromatic heterocycles. The quantitative estimate of drug-likeness (QED) is 0.445. The lowest BCUT2D eigenvalue weighted by Crippen LogP contribution is -2.15. The first-order chi connectivity index (χ1) is 13.1. The molecule has 148 valence electrons. The van der Waals surface area contributed by atoms with E-state index in [2.05, 4.69) is 19.8 Å². The number of benzene rings is 2. The van der Waals surface area contributed by atoms with Gasteiger partial charge in [-0.25, -0.2) is 4.39 Å². The molecule has 0 bridgehead atoms. The van der Waals surface area contributed by atoms with Gasteiger partial charge in [0.15, 0.2) is 7.29 Å². The molecule has 0 radical (unpaired) electrons. The van der Waals surface area contributed by atoms with Crippen molar-refractivity contribution >= 4 is 29.9 Å². The van der Waals surface area contributed by atoms with Crippen LogP contribution in [0.15, 0.2) is 47.0 Å². The molecule has 2 aromatic carbocycles. The maximum absolute atomic E-state index is 14.6. The Balaban J connectivity index is 1.88. The van der Waals surface area contributed by atoms with Crippen LogP contribution in [0.1, 0.15) is 5.89 Å². The molecular weight excluding hydrogens is 418 g/mol. The highest BCUT2D eigenvalue weighted by Crippen LogP contribution is 2.42. The van der Waals surface area contributed by atoms with Gasteiger partial charge in [-0.05, 0) is 35.9 Å². The predicted molar refractivity (Wildman–Crippen MR) is 99.2 cm³/mol. The van der Waals surface area contributed by atoms with E-state index in [1.807, 2.05) is 0 Å². The minimum Gasteiger partial charge on any atom is -0.497 e. The van der Waals surface area contributed by atoms with E-state index < -0.39 is 24.4 Å². The van der Waals surface area contributed by atoms with Crippen LogP contribution in [-0.4, -0.2) is 23.9 Å².